The van der Waals surface area contributed by atoms with Gasteiger partial charge in [-0.15, -0.1) is 0 Å². The van der Waals surface area contributed by atoms with Crippen LogP contribution in [0.5, 0.6) is 5.75 Å². The number of carbonyl (C=O) groups is 1. The van der Waals surface area contributed by atoms with Crippen molar-refractivity contribution < 1.29 is 9.53 Å². The van der Waals surface area contributed by atoms with Gasteiger partial charge in [0.25, 0.3) is 0 Å². The van der Waals surface area contributed by atoms with Crippen molar-refractivity contribution in [2.45, 2.75) is 6.42 Å². The van der Waals surface area contributed by atoms with E-state index < -0.39 is 0 Å². The molecule has 0 N–H and O–H groups in total. The molecule has 1 aliphatic rings. The van der Waals surface area contributed by atoms with E-state index in [0.717, 1.165) is 32.0 Å². The predicted molar refractivity (Wildman–Crippen MR) is 90.8 cm³/mol. The molecule has 22 heavy (non-hydrogen) atoms. The Morgan fingerprint density at radius 1 is 1.00 bits per heavy atom. The van der Waals surface area contributed by atoms with Gasteiger partial charge in [-0.05, 0) is 62.3 Å². The molecule has 3 aromatic carbocycles. The van der Waals surface area contributed by atoms with E-state index in [0.29, 0.717) is 17.2 Å². The van der Waals surface area contributed by atoms with Crippen molar-refractivity contribution in [1.82, 2.24) is 0 Å². The molecule has 108 valence electrons. The molecule has 0 unspecified atom stereocenters. The fourth-order valence-electron chi connectivity index (χ4n) is 3.04. The van der Waals surface area contributed by atoms with Crippen LogP contribution in [0.4, 0.5) is 0 Å². The van der Waals surface area contributed by atoms with E-state index in [1.54, 1.807) is 13.2 Å². The molecule has 0 bridgehead atoms. The number of Topliss-reactive ketones (excluding diaryl/α,β-unsaturated/α-hetero) is 1. The summed E-state index contributed by atoms with van der Waals surface area (Å²) < 4.78 is 5.34. The Morgan fingerprint density at radius 3 is 2.50 bits per heavy atom. The molecule has 0 saturated heterocycles. The molecule has 3 heteroatoms. The van der Waals surface area contributed by atoms with Gasteiger partial charge in [0.2, 0.25) is 0 Å². The summed E-state index contributed by atoms with van der Waals surface area (Å²) >= 11 is 6.21. The van der Waals surface area contributed by atoms with E-state index in [1.807, 2.05) is 24.3 Å². The largest absolute Gasteiger partial charge is 0.495 e. The first-order valence-corrected chi connectivity index (χ1v) is 7.48. The number of ketones is 1. The third-order valence-corrected chi connectivity index (χ3v) is 4.45. The van der Waals surface area contributed by atoms with Crippen LogP contribution in [0, 0.1) is 0 Å². The van der Waals surface area contributed by atoms with E-state index in [1.165, 1.54) is 0 Å². The number of methoxy groups -OCH3 is 1. The molecule has 4 rings (SSSR count). The molecule has 0 fully saturated rings. The first-order chi connectivity index (χ1) is 10.7. The first kappa shape index (κ1) is 13.4. The van der Waals surface area contributed by atoms with Crippen molar-refractivity contribution in [3.05, 3.63) is 51.9 Å². The van der Waals surface area contributed by atoms with E-state index in [2.05, 4.69) is 18.2 Å². The lowest BCUT2D eigenvalue weighted by molar-refractivity contribution is -0.112. The van der Waals surface area contributed by atoms with Crippen molar-refractivity contribution in [1.29, 1.82) is 0 Å². The van der Waals surface area contributed by atoms with Gasteiger partial charge >= 0.3 is 0 Å². The zero-order chi connectivity index (χ0) is 15.3. The number of ether oxygens (including phenoxy) is 1. The molecule has 0 spiro atoms. The molecular formula is C19H13ClO2. The Labute approximate surface area is 132 Å². The van der Waals surface area contributed by atoms with E-state index >= 15 is 0 Å². The average molecular weight is 309 g/mol. The second-order valence-electron chi connectivity index (χ2n) is 5.49. The zero-order valence-corrected chi connectivity index (χ0v) is 12.8. The summed E-state index contributed by atoms with van der Waals surface area (Å²) in [5, 5.41) is 7.14. The lowest BCUT2D eigenvalue weighted by atomic mass is 9.97. The Bertz CT molecular complexity index is 1060. The maximum absolute atomic E-state index is 11.6. The smallest absolute Gasteiger partial charge is 0.160 e. The molecule has 0 heterocycles. The number of rotatable bonds is 1. The van der Waals surface area contributed by atoms with Crippen LogP contribution in [0.1, 0.15) is 6.42 Å². The third kappa shape index (κ3) is 1.99. The van der Waals surface area contributed by atoms with Crippen molar-refractivity contribution in [3.8, 4) is 5.75 Å². The SMILES string of the molecule is COc1cc2c(ccc3cc4c(cc32)=CCC(=O)C=4)cc1Cl. The summed E-state index contributed by atoms with van der Waals surface area (Å²) in [5.41, 5.74) is 0. The Hall–Kier alpha value is -2.32. The number of fused-ring (bicyclic) bond motifs is 4. The number of carbonyl (C=O) groups excluding carboxylic acids is 1. The monoisotopic (exact) mass is 308 g/mol. The lowest BCUT2D eigenvalue weighted by Crippen LogP contribution is -2.28. The molecule has 3 aromatic rings. The Kier molecular flexibility index (Phi) is 2.95. The summed E-state index contributed by atoms with van der Waals surface area (Å²) in [7, 11) is 1.62. The van der Waals surface area contributed by atoms with Crippen LogP contribution in [0.25, 0.3) is 33.7 Å². The summed E-state index contributed by atoms with van der Waals surface area (Å²) in [6.45, 7) is 0. The second-order valence-corrected chi connectivity index (χ2v) is 5.90. The van der Waals surface area contributed by atoms with Gasteiger partial charge in [-0.1, -0.05) is 29.8 Å². The fourth-order valence-corrected chi connectivity index (χ4v) is 3.29. The minimum absolute atomic E-state index is 0.154. The first-order valence-electron chi connectivity index (χ1n) is 7.10. The summed E-state index contributed by atoms with van der Waals surface area (Å²) in [4.78, 5) is 11.6. The van der Waals surface area contributed by atoms with Crippen LogP contribution in [0.3, 0.4) is 0 Å². The molecule has 0 saturated carbocycles. The molecule has 0 amide bonds. The third-order valence-electron chi connectivity index (χ3n) is 4.15. The summed E-state index contributed by atoms with van der Waals surface area (Å²) in [6.07, 6.45) is 4.18. The van der Waals surface area contributed by atoms with E-state index in [-0.39, 0.29) is 5.78 Å². The van der Waals surface area contributed by atoms with Crippen LogP contribution in [-0.4, -0.2) is 12.9 Å². The lowest BCUT2D eigenvalue weighted by Gasteiger charge is -2.09. The maximum atomic E-state index is 11.6. The van der Waals surface area contributed by atoms with Crippen LogP contribution in [0.15, 0.2) is 36.4 Å². The van der Waals surface area contributed by atoms with Gasteiger partial charge in [0.1, 0.15) is 5.75 Å². The van der Waals surface area contributed by atoms with E-state index in [9.17, 15) is 4.79 Å². The number of hydrogen-bond donors (Lipinski definition) is 0. The molecule has 0 aliphatic heterocycles. The molecule has 0 atom stereocenters. The molecule has 0 aromatic heterocycles. The number of hydrogen-bond acceptors (Lipinski definition) is 2. The Morgan fingerprint density at radius 2 is 1.73 bits per heavy atom. The van der Waals surface area contributed by atoms with Gasteiger partial charge in [-0.3, -0.25) is 4.79 Å². The highest BCUT2D eigenvalue weighted by atomic mass is 35.5. The zero-order valence-electron chi connectivity index (χ0n) is 12.0. The molecule has 0 radical (unpaired) electrons. The maximum Gasteiger partial charge on any atom is 0.160 e. The van der Waals surface area contributed by atoms with Gasteiger partial charge in [-0.25, -0.2) is 0 Å². The topological polar surface area (TPSA) is 26.3 Å². The van der Waals surface area contributed by atoms with Crippen molar-refractivity contribution >= 4 is 51.1 Å². The minimum Gasteiger partial charge on any atom is -0.495 e. The van der Waals surface area contributed by atoms with Crippen LogP contribution >= 0.6 is 11.6 Å². The highest BCUT2D eigenvalue weighted by Crippen LogP contribution is 2.33. The molecule has 1 aliphatic carbocycles. The second kappa shape index (κ2) is 4.85. The highest BCUT2D eigenvalue weighted by Gasteiger charge is 2.08. The fraction of sp³-hybridized carbons (Fsp3) is 0.105. The van der Waals surface area contributed by atoms with Gasteiger partial charge in [0.15, 0.2) is 5.78 Å². The van der Waals surface area contributed by atoms with Gasteiger partial charge < -0.3 is 4.74 Å². The van der Waals surface area contributed by atoms with Crippen molar-refractivity contribution in [2.24, 2.45) is 0 Å². The quantitative estimate of drug-likeness (QED) is 0.645. The predicted octanol–water partition coefficient (Wildman–Crippen LogP) is 3.19. The highest BCUT2D eigenvalue weighted by molar-refractivity contribution is 6.33. The normalized spacial score (nSPS) is 13.6. The van der Waals surface area contributed by atoms with Crippen molar-refractivity contribution in [2.75, 3.05) is 7.11 Å². The number of benzene rings is 3. The minimum atomic E-state index is 0.154. The van der Waals surface area contributed by atoms with E-state index in [4.69, 9.17) is 16.3 Å². The van der Waals surface area contributed by atoms with Crippen molar-refractivity contribution in [3.63, 3.8) is 0 Å². The molecular weight excluding hydrogens is 296 g/mol. The summed E-state index contributed by atoms with van der Waals surface area (Å²) in [5.74, 6) is 0.825. The number of halogens is 1. The Balaban J connectivity index is 2.16. The van der Waals surface area contributed by atoms with Crippen LogP contribution in [-0.2, 0) is 4.79 Å². The van der Waals surface area contributed by atoms with Crippen LogP contribution < -0.4 is 15.2 Å². The average Bonchev–Trinajstić information content (AvgIpc) is 2.52. The van der Waals surface area contributed by atoms with Gasteiger partial charge in [0, 0.05) is 6.42 Å². The molecule has 2 nitrogen and oxygen atoms in total. The summed E-state index contributed by atoms with van der Waals surface area (Å²) in [6, 6.07) is 12.2. The van der Waals surface area contributed by atoms with Gasteiger partial charge in [0.05, 0.1) is 12.1 Å². The van der Waals surface area contributed by atoms with Crippen LogP contribution in [0.2, 0.25) is 5.02 Å². The van der Waals surface area contributed by atoms with Gasteiger partial charge in [-0.2, -0.15) is 0 Å². The standard InChI is InChI=1S/C19H13ClO2/c1-22-19-10-17-13(9-18(19)20)3-2-12-6-14-7-15(21)5-4-11(14)8-16(12)17/h2-4,6-10H,5H2,1H3.